The number of nitrogens with one attached hydrogen (secondary N) is 1. The summed E-state index contributed by atoms with van der Waals surface area (Å²) in [4.78, 5) is 15.3. The molecule has 0 aliphatic carbocycles. The van der Waals surface area contributed by atoms with Crippen LogP contribution in [0.15, 0.2) is 76.3 Å². The van der Waals surface area contributed by atoms with Gasteiger partial charge in [-0.1, -0.05) is 30.3 Å². The molecule has 4 rings (SSSR count). The third-order valence-corrected chi connectivity index (χ3v) is 4.61. The molecule has 0 amide bonds. The van der Waals surface area contributed by atoms with E-state index in [2.05, 4.69) is 26.0 Å². The molecule has 0 fully saturated rings. The fraction of sp³-hybridized carbons (Fsp3) is 0. The molecule has 0 bridgehead atoms. The minimum Gasteiger partial charge on any atom is -0.320 e. The van der Waals surface area contributed by atoms with E-state index in [1.54, 1.807) is 10.9 Å². The summed E-state index contributed by atoms with van der Waals surface area (Å²) in [7, 11) is 0. The molecule has 2 aromatic heterocycles. The summed E-state index contributed by atoms with van der Waals surface area (Å²) >= 11 is 3.62. The first kappa shape index (κ1) is 14.0. The number of aromatic nitrogens is 3. The Balaban J connectivity index is 1.86. The summed E-state index contributed by atoms with van der Waals surface area (Å²) in [6.45, 7) is 0. The zero-order chi connectivity index (χ0) is 15.8. The van der Waals surface area contributed by atoms with E-state index in [0.717, 1.165) is 26.8 Å². The Kier molecular flexibility index (Phi) is 3.35. The molecular weight excluding hydrogens is 354 g/mol. The number of nitrogens with zero attached hydrogens (tertiary/aromatic N) is 2. The van der Waals surface area contributed by atoms with Crippen LogP contribution in [0.5, 0.6) is 0 Å². The van der Waals surface area contributed by atoms with Crippen molar-refractivity contribution in [2.75, 3.05) is 0 Å². The van der Waals surface area contributed by atoms with E-state index in [-0.39, 0.29) is 5.56 Å². The predicted octanol–water partition coefficient (Wildman–Crippen LogP) is 4.14. The van der Waals surface area contributed by atoms with E-state index in [4.69, 9.17) is 0 Å². The van der Waals surface area contributed by atoms with Crippen LogP contribution in [0, 0.1) is 0 Å². The first-order valence-electron chi connectivity index (χ1n) is 7.15. The number of H-pyrrole nitrogens is 1. The molecule has 0 radical (unpaired) electrons. The maximum atomic E-state index is 12.3. The molecule has 2 aromatic carbocycles. The van der Waals surface area contributed by atoms with Crippen LogP contribution in [0.1, 0.15) is 0 Å². The Bertz CT molecular complexity index is 1030. The molecule has 0 saturated heterocycles. The molecule has 23 heavy (non-hydrogen) atoms. The molecule has 0 aliphatic heterocycles. The van der Waals surface area contributed by atoms with Gasteiger partial charge in [0.25, 0.3) is 5.56 Å². The number of rotatable bonds is 2. The first-order chi connectivity index (χ1) is 11.2. The Morgan fingerprint density at radius 1 is 0.957 bits per heavy atom. The van der Waals surface area contributed by atoms with E-state index >= 15 is 0 Å². The molecule has 0 unspecified atom stereocenters. The van der Waals surface area contributed by atoms with Gasteiger partial charge in [-0.05, 0) is 45.8 Å². The minimum absolute atomic E-state index is 0.0880. The number of aromatic amines is 1. The second-order valence-corrected chi connectivity index (χ2v) is 5.98. The van der Waals surface area contributed by atoms with Crippen LogP contribution < -0.4 is 5.56 Å². The molecule has 0 atom stereocenters. The minimum atomic E-state index is -0.0880. The normalized spacial score (nSPS) is 11.0. The molecule has 0 spiro atoms. The highest BCUT2D eigenvalue weighted by molar-refractivity contribution is 9.10. The quantitative estimate of drug-likeness (QED) is 0.580. The highest BCUT2D eigenvalue weighted by Crippen LogP contribution is 2.31. The zero-order valence-electron chi connectivity index (χ0n) is 12.0. The van der Waals surface area contributed by atoms with Crippen molar-refractivity contribution in [3.8, 4) is 16.9 Å². The Hall–Kier alpha value is -2.66. The summed E-state index contributed by atoms with van der Waals surface area (Å²) in [5, 5.41) is 5.79. The van der Waals surface area contributed by atoms with Gasteiger partial charge in [-0.15, -0.1) is 0 Å². The number of benzene rings is 2. The Morgan fingerprint density at radius 3 is 2.39 bits per heavy atom. The lowest BCUT2D eigenvalue weighted by Gasteiger charge is -2.09. The monoisotopic (exact) mass is 365 g/mol. The lowest BCUT2D eigenvalue weighted by molar-refractivity contribution is 0.881. The van der Waals surface area contributed by atoms with Gasteiger partial charge in [0.1, 0.15) is 0 Å². The maximum Gasteiger partial charge on any atom is 0.256 e. The van der Waals surface area contributed by atoms with Crippen molar-refractivity contribution in [2.45, 2.75) is 0 Å². The number of fused-ring (bicyclic) bond motifs is 1. The average molecular weight is 366 g/mol. The molecule has 112 valence electrons. The molecule has 0 aliphatic rings. The number of hydrogen-bond acceptors (Lipinski definition) is 2. The molecule has 4 nitrogen and oxygen atoms in total. The van der Waals surface area contributed by atoms with Gasteiger partial charge < -0.3 is 4.98 Å². The fourth-order valence-electron chi connectivity index (χ4n) is 2.64. The average Bonchev–Trinajstić information content (AvgIpc) is 3.13. The second-order valence-electron chi connectivity index (χ2n) is 5.19. The Labute approximate surface area is 140 Å². The Morgan fingerprint density at radius 2 is 1.70 bits per heavy atom. The van der Waals surface area contributed by atoms with Gasteiger partial charge in [0.15, 0.2) is 0 Å². The predicted molar refractivity (Wildman–Crippen MR) is 94.8 cm³/mol. The SMILES string of the molecule is O=c1[nH]c(-c2ccc(-n3cccn3)cc2)c(Br)c2ccccc12. The van der Waals surface area contributed by atoms with E-state index < -0.39 is 0 Å². The molecular formula is C18H12BrN3O. The first-order valence-corrected chi connectivity index (χ1v) is 7.94. The highest BCUT2D eigenvalue weighted by atomic mass is 79.9. The largest absolute Gasteiger partial charge is 0.320 e. The van der Waals surface area contributed by atoms with Crippen LogP contribution in [-0.2, 0) is 0 Å². The van der Waals surface area contributed by atoms with Gasteiger partial charge in [0.2, 0.25) is 0 Å². The summed E-state index contributed by atoms with van der Waals surface area (Å²) < 4.78 is 2.68. The van der Waals surface area contributed by atoms with Crippen LogP contribution in [0.25, 0.3) is 27.7 Å². The molecule has 4 aromatic rings. The molecule has 1 N–H and O–H groups in total. The lowest BCUT2D eigenvalue weighted by Crippen LogP contribution is -2.08. The standard InChI is InChI=1S/C18H12BrN3O/c19-16-14-4-1-2-5-15(14)18(23)21-17(16)12-6-8-13(9-7-12)22-11-3-10-20-22/h1-11H,(H,21,23). The van der Waals surface area contributed by atoms with Gasteiger partial charge in [0, 0.05) is 27.6 Å². The van der Waals surface area contributed by atoms with Crippen LogP contribution in [0.4, 0.5) is 0 Å². The van der Waals surface area contributed by atoms with Gasteiger partial charge in [-0.25, -0.2) is 4.68 Å². The summed E-state index contributed by atoms with van der Waals surface area (Å²) in [5.74, 6) is 0. The van der Waals surface area contributed by atoms with E-state index in [1.807, 2.05) is 60.8 Å². The third-order valence-electron chi connectivity index (χ3n) is 3.79. The third kappa shape index (κ3) is 2.39. The smallest absolute Gasteiger partial charge is 0.256 e. The number of halogens is 1. The van der Waals surface area contributed by atoms with Gasteiger partial charge in [0.05, 0.1) is 11.4 Å². The van der Waals surface area contributed by atoms with Crippen LogP contribution >= 0.6 is 15.9 Å². The van der Waals surface area contributed by atoms with Gasteiger partial charge in [-0.2, -0.15) is 5.10 Å². The van der Waals surface area contributed by atoms with Gasteiger partial charge in [-0.3, -0.25) is 4.79 Å². The molecule has 5 heteroatoms. The van der Waals surface area contributed by atoms with Crippen LogP contribution in [0.2, 0.25) is 0 Å². The summed E-state index contributed by atoms with van der Waals surface area (Å²) in [6, 6.07) is 17.3. The van der Waals surface area contributed by atoms with Crippen molar-refractivity contribution in [3.63, 3.8) is 0 Å². The maximum absolute atomic E-state index is 12.3. The second kappa shape index (κ2) is 5.52. The fourth-order valence-corrected chi connectivity index (χ4v) is 3.32. The molecule has 2 heterocycles. The van der Waals surface area contributed by atoms with Crippen molar-refractivity contribution < 1.29 is 0 Å². The van der Waals surface area contributed by atoms with Crippen LogP contribution in [-0.4, -0.2) is 14.8 Å². The number of pyridine rings is 1. The summed E-state index contributed by atoms with van der Waals surface area (Å²) in [5.41, 5.74) is 2.60. The van der Waals surface area contributed by atoms with Crippen LogP contribution in [0.3, 0.4) is 0 Å². The van der Waals surface area contributed by atoms with E-state index in [0.29, 0.717) is 5.39 Å². The van der Waals surface area contributed by atoms with E-state index in [9.17, 15) is 4.79 Å². The van der Waals surface area contributed by atoms with Crippen molar-refractivity contribution in [1.82, 2.24) is 14.8 Å². The van der Waals surface area contributed by atoms with Crippen molar-refractivity contribution in [2.24, 2.45) is 0 Å². The van der Waals surface area contributed by atoms with Crippen molar-refractivity contribution in [3.05, 3.63) is 81.8 Å². The van der Waals surface area contributed by atoms with Crippen molar-refractivity contribution >= 4 is 26.7 Å². The number of hydrogen-bond donors (Lipinski definition) is 1. The summed E-state index contributed by atoms with van der Waals surface area (Å²) in [6.07, 6.45) is 3.63. The van der Waals surface area contributed by atoms with E-state index in [1.165, 1.54) is 0 Å². The molecule has 0 saturated carbocycles. The highest BCUT2D eigenvalue weighted by Gasteiger charge is 2.10. The zero-order valence-corrected chi connectivity index (χ0v) is 13.6. The lowest BCUT2D eigenvalue weighted by atomic mass is 10.1. The van der Waals surface area contributed by atoms with Crippen molar-refractivity contribution in [1.29, 1.82) is 0 Å². The van der Waals surface area contributed by atoms with Gasteiger partial charge >= 0.3 is 0 Å². The topological polar surface area (TPSA) is 50.7 Å².